The molecule has 3 aromatic rings. The average Bonchev–Trinajstić information content (AvgIpc) is 3.16. The third-order valence-corrected chi connectivity index (χ3v) is 5.65. The summed E-state index contributed by atoms with van der Waals surface area (Å²) in [6.45, 7) is 6.76. The first kappa shape index (κ1) is 19.3. The fourth-order valence-corrected chi connectivity index (χ4v) is 4.16. The lowest BCUT2D eigenvalue weighted by atomic mass is 9.81. The molecule has 0 saturated carbocycles. The summed E-state index contributed by atoms with van der Waals surface area (Å²) in [5.74, 6) is 0.421. The summed E-state index contributed by atoms with van der Waals surface area (Å²) in [6.07, 6.45) is 2.12. The summed E-state index contributed by atoms with van der Waals surface area (Å²) < 4.78 is 5.72. The Balaban J connectivity index is 1.49. The van der Waals surface area contributed by atoms with Gasteiger partial charge in [-0.1, -0.05) is 42.5 Å². The number of nitrogens with zero attached hydrogens (tertiary/aromatic N) is 3. The van der Waals surface area contributed by atoms with Crippen LogP contribution in [0.15, 0.2) is 52.9 Å². The molecule has 1 aromatic heterocycles. The SMILES string of the molecule is Cc1nnc([C@@]2(C)CCCN(Cc3ccc(-c4ccccc4C(=O)O)cc3)C2)o1. The van der Waals surface area contributed by atoms with E-state index in [1.165, 1.54) is 5.56 Å². The highest BCUT2D eigenvalue weighted by molar-refractivity contribution is 5.95. The average molecular weight is 391 g/mol. The van der Waals surface area contributed by atoms with Crippen molar-refractivity contribution < 1.29 is 14.3 Å². The van der Waals surface area contributed by atoms with E-state index in [-0.39, 0.29) is 5.41 Å². The van der Waals surface area contributed by atoms with E-state index in [2.05, 4.69) is 34.2 Å². The second-order valence-corrected chi connectivity index (χ2v) is 8.05. The number of carboxylic acids is 1. The minimum Gasteiger partial charge on any atom is -0.478 e. The quantitative estimate of drug-likeness (QED) is 0.699. The highest BCUT2D eigenvalue weighted by atomic mass is 16.4. The molecular formula is C23H25N3O3. The lowest BCUT2D eigenvalue weighted by Gasteiger charge is -2.38. The van der Waals surface area contributed by atoms with E-state index in [1.807, 2.05) is 31.2 Å². The number of benzene rings is 2. The topological polar surface area (TPSA) is 79.5 Å². The van der Waals surface area contributed by atoms with E-state index in [9.17, 15) is 9.90 Å². The molecule has 6 nitrogen and oxygen atoms in total. The van der Waals surface area contributed by atoms with E-state index >= 15 is 0 Å². The summed E-state index contributed by atoms with van der Waals surface area (Å²) in [6, 6.07) is 15.3. The molecule has 1 fully saturated rings. The number of hydrogen-bond donors (Lipinski definition) is 1. The lowest BCUT2D eigenvalue weighted by molar-refractivity contribution is 0.0697. The fraction of sp³-hybridized carbons (Fsp3) is 0.348. The van der Waals surface area contributed by atoms with Crippen LogP contribution >= 0.6 is 0 Å². The minimum atomic E-state index is -0.909. The molecule has 0 radical (unpaired) electrons. The number of aryl methyl sites for hydroxylation is 1. The van der Waals surface area contributed by atoms with Crippen LogP contribution in [0.2, 0.25) is 0 Å². The van der Waals surface area contributed by atoms with E-state index < -0.39 is 5.97 Å². The van der Waals surface area contributed by atoms with Crippen LogP contribution in [0.4, 0.5) is 0 Å². The van der Waals surface area contributed by atoms with Gasteiger partial charge in [0.25, 0.3) is 0 Å². The van der Waals surface area contributed by atoms with Crippen molar-refractivity contribution in [1.82, 2.24) is 15.1 Å². The van der Waals surface area contributed by atoms with E-state index in [0.29, 0.717) is 11.5 Å². The smallest absolute Gasteiger partial charge is 0.336 e. The van der Waals surface area contributed by atoms with Crippen molar-refractivity contribution in [2.45, 2.75) is 38.6 Å². The predicted octanol–water partition coefficient (Wildman–Crippen LogP) is 4.30. The number of aromatic carboxylic acids is 1. The standard InChI is InChI=1S/C23H25N3O3/c1-16-24-25-22(29-16)23(2)12-5-13-26(15-23)14-17-8-10-18(11-9-17)19-6-3-4-7-20(19)21(27)28/h3-4,6-11H,5,12-15H2,1-2H3,(H,27,28)/t23-/m0/s1. The van der Waals surface area contributed by atoms with Gasteiger partial charge < -0.3 is 9.52 Å². The van der Waals surface area contributed by atoms with Crippen LogP contribution in [0.1, 0.15) is 47.5 Å². The van der Waals surface area contributed by atoms with Crippen molar-refractivity contribution in [3.05, 3.63) is 71.4 Å². The summed E-state index contributed by atoms with van der Waals surface area (Å²) in [4.78, 5) is 13.9. The molecule has 0 aliphatic carbocycles. The molecule has 1 N–H and O–H groups in total. The maximum Gasteiger partial charge on any atom is 0.336 e. The molecule has 0 unspecified atom stereocenters. The molecule has 4 rings (SSSR count). The molecular weight excluding hydrogens is 366 g/mol. The normalized spacial score (nSPS) is 19.9. The largest absolute Gasteiger partial charge is 0.478 e. The van der Waals surface area contributed by atoms with Gasteiger partial charge in [0.1, 0.15) is 0 Å². The molecule has 1 aliphatic rings. The highest BCUT2D eigenvalue weighted by Gasteiger charge is 2.37. The van der Waals surface area contributed by atoms with Gasteiger partial charge in [-0.25, -0.2) is 4.79 Å². The molecule has 1 saturated heterocycles. The van der Waals surface area contributed by atoms with Gasteiger partial charge >= 0.3 is 5.97 Å². The third kappa shape index (κ3) is 4.07. The van der Waals surface area contributed by atoms with Crippen LogP contribution in [0.5, 0.6) is 0 Å². The molecule has 0 spiro atoms. The van der Waals surface area contributed by atoms with Gasteiger partial charge in [-0.3, -0.25) is 4.90 Å². The Morgan fingerprint density at radius 2 is 1.93 bits per heavy atom. The lowest BCUT2D eigenvalue weighted by Crippen LogP contribution is -2.44. The highest BCUT2D eigenvalue weighted by Crippen LogP contribution is 2.33. The maximum absolute atomic E-state index is 11.5. The zero-order valence-corrected chi connectivity index (χ0v) is 16.8. The first-order valence-corrected chi connectivity index (χ1v) is 9.89. The molecule has 1 atom stereocenters. The van der Waals surface area contributed by atoms with Gasteiger partial charge in [0, 0.05) is 20.0 Å². The van der Waals surface area contributed by atoms with Gasteiger partial charge in [0.05, 0.1) is 11.0 Å². The van der Waals surface area contributed by atoms with E-state index in [1.54, 1.807) is 12.1 Å². The molecule has 6 heteroatoms. The van der Waals surface area contributed by atoms with Gasteiger partial charge in [-0.2, -0.15) is 0 Å². The van der Waals surface area contributed by atoms with Gasteiger partial charge in [-0.15, -0.1) is 10.2 Å². The van der Waals surface area contributed by atoms with Gasteiger partial charge in [0.15, 0.2) is 0 Å². The number of aromatic nitrogens is 2. The molecule has 0 amide bonds. The number of likely N-dealkylation sites (tertiary alicyclic amines) is 1. The monoisotopic (exact) mass is 391 g/mol. The summed E-state index contributed by atoms with van der Waals surface area (Å²) in [5, 5.41) is 17.7. The van der Waals surface area contributed by atoms with Crippen LogP contribution in [0.3, 0.4) is 0 Å². The van der Waals surface area contributed by atoms with Crippen molar-refractivity contribution in [2.75, 3.05) is 13.1 Å². The summed E-state index contributed by atoms with van der Waals surface area (Å²) >= 11 is 0. The second-order valence-electron chi connectivity index (χ2n) is 8.05. The number of piperidine rings is 1. The fourth-order valence-electron chi connectivity index (χ4n) is 4.16. The minimum absolute atomic E-state index is 0.125. The van der Waals surface area contributed by atoms with Crippen LogP contribution < -0.4 is 0 Å². The number of carboxylic acid groups (broad SMARTS) is 1. The molecule has 2 aromatic carbocycles. The summed E-state index contributed by atoms with van der Waals surface area (Å²) in [7, 11) is 0. The predicted molar refractivity (Wildman–Crippen MR) is 110 cm³/mol. The molecule has 0 bridgehead atoms. The first-order chi connectivity index (χ1) is 13.9. The van der Waals surface area contributed by atoms with Crippen LogP contribution in [-0.2, 0) is 12.0 Å². The van der Waals surface area contributed by atoms with Gasteiger partial charge in [-0.05, 0) is 49.1 Å². The summed E-state index contributed by atoms with van der Waals surface area (Å²) in [5.41, 5.74) is 3.05. The van der Waals surface area contributed by atoms with Crippen molar-refractivity contribution in [2.24, 2.45) is 0 Å². The zero-order valence-electron chi connectivity index (χ0n) is 16.8. The Hall–Kier alpha value is -2.99. The van der Waals surface area contributed by atoms with Crippen LogP contribution in [0.25, 0.3) is 11.1 Å². The van der Waals surface area contributed by atoms with Crippen molar-refractivity contribution in [1.29, 1.82) is 0 Å². The Morgan fingerprint density at radius 3 is 2.62 bits per heavy atom. The van der Waals surface area contributed by atoms with Gasteiger partial charge in [0.2, 0.25) is 11.8 Å². The number of rotatable bonds is 5. The zero-order chi connectivity index (χ0) is 20.4. The van der Waals surface area contributed by atoms with Crippen molar-refractivity contribution in [3.8, 4) is 11.1 Å². The number of hydrogen-bond acceptors (Lipinski definition) is 5. The van der Waals surface area contributed by atoms with Crippen molar-refractivity contribution in [3.63, 3.8) is 0 Å². The Morgan fingerprint density at radius 1 is 1.17 bits per heavy atom. The Bertz CT molecular complexity index is 1010. The van der Waals surface area contributed by atoms with E-state index in [4.69, 9.17) is 4.42 Å². The molecule has 2 heterocycles. The van der Waals surface area contributed by atoms with E-state index in [0.717, 1.165) is 49.5 Å². The molecule has 29 heavy (non-hydrogen) atoms. The van der Waals surface area contributed by atoms with Crippen molar-refractivity contribution >= 4 is 5.97 Å². The Kier molecular flexibility index (Phi) is 5.20. The third-order valence-electron chi connectivity index (χ3n) is 5.65. The maximum atomic E-state index is 11.5. The van der Waals surface area contributed by atoms with Crippen LogP contribution in [0, 0.1) is 6.92 Å². The number of carbonyl (C=O) groups is 1. The first-order valence-electron chi connectivity index (χ1n) is 9.89. The Labute approximate surface area is 170 Å². The molecule has 150 valence electrons. The second kappa shape index (κ2) is 7.79. The molecule has 1 aliphatic heterocycles. The van der Waals surface area contributed by atoms with Crippen LogP contribution in [-0.4, -0.2) is 39.3 Å².